The normalized spacial score (nSPS) is 10.7. The number of hydrogen-bond acceptors (Lipinski definition) is 4. The molecule has 0 atom stereocenters. The number of anilines is 2. The van der Waals surface area contributed by atoms with Crippen molar-refractivity contribution in [2.24, 2.45) is 0 Å². The van der Waals surface area contributed by atoms with Crippen LogP contribution in [-0.2, 0) is 16.1 Å². The molecule has 0 bridgehead atoms. The molecule has 0 unspecified atom stereocenters. The Morgan fingerprint density at radius 3 is 2.57 bits per heavy atom. The van der Waals surface area contributed by atoms with Gasteiger partial charge in [0.25, 0.3) is 0 Å². The third kappa shape index (κ3) is 5.96. The molecule has 0 saturated heterocycles. The lowest BCUT2D eigenvalue weighted by atomic mass is 10.1. The van der Waals surface area contributed by atoms with Crippen LogP contribution in [0.2, 0.25) is 0 Å². The van der Waals surface area contributed by atoms with Crippen LogP contribution < -0.4 is 10.6 Å². The van der Waals surface area contributed by atoms with Gasteiger partial charge < -0.3 is 15.2 Å². The van der Waals surface area contributed by atoms with Crippen molar-refractivity contribution in [2.45, 2.75) is 13.5 Å². The minimum atomic E-state index is -1.48. The highest BCUT2D eigenvalue weighted by molar-refractivity contribution is 6.01. The Morgan fingerprint density at radius 1 is 1.10 bits per heavy atom. The molecule has 0 aliphatic rings. The number of aromatic nitrogens is 2. The standard InChI is InChI=1S/C22H19FN4O3/c1-15(28)25-19-8-5-16(6-9-19)7-10-21(29)26-20-13-27(14-24-20)12-17-3-2-4-18(11-17)22(23)30/h2-11,13-14H,12H2,1H3,(H,25,28)(H,26,29)/b10-7+. The van der Waals surface area contributed by atoms with Gasteiger partial charge in [-0.2, -0.15) is 4.39 Å². The van der Waals surface area contributed by atoms with Crippen LogP contribution in [-0.4, -0.2) is 27.4 Å². The Kier molecular flexibility index (Phi) is 6.49. The summed E-state index contributed by atoms with van der Waals surface area (Å²) in [5.74, 6) is -0.139. The van der Waals surface area contributed by atoms with E-state index >= 15 is 0 Å². The Morgan fingerprint density at radius 2 is 1.87 bits per heavy atom. The largest absolute Gasteiger partial charge is 0.332 e. The monoisotopic (exact) mass is 406 g/mol. The minimum absolute atomic E-state index is 0.00335. The van der Waals surface area contributed by atoms with Crippen molar-refractivity contribution in [2.75, 3.05) is 10.6 Å². The van der Waals surface area contributed by atoms with Crippen molar-refractivity contribution in [1.29, 1.82) is 0 Å². The van der Waals surface area contributed by atoms with Gasteiger partial charge in [-0.1, -0.05) is 24.3 Å². The number of carbonyl (C=O) groups excluding carboxylic acids is 3. The summed E-state index contributed by atoms with van der Waals surface area (Å²) in [7, 11) is 0. The fourth-order valence-corrected chi connectivity index (χ4v) is 2.73. The molecular weight excluding hydrogens is 387 g/mol. The third-order valence-electron chi connectivity index (χ3n) is 4.06. The number of halogens is 1. The van der Waals surface area contributed by atoms with Crippen molar-refractivity contribution < 1.29 is 18.8 Å². The van der Waals surface area contributed by atoms with Gasteiger partial charge in [0.05, 0.1) is 11.9 Å². The summed E-state index contributed by atoms with van der Waals surface area (Å²) in [6, 6.07) is 11.8. The number of nitrogens with zero attached hydrogens (tertiary/aromatic N) is 2. The molecule has 8 heteroatoms. The molecule has 3 aromatic rings. The number of imidazole rings is 1. The van der Waals surface area contributed by atoms with E-state index in [2.05, 4.69) is 15.6 Å². The molecule has 1 heterocycles. The topological polar surface area (TPSA) is 93.1 Å². The van der Waals surface area contributed by atoms with Gasteiger partial charge in [-0.05, 0) is 41.5 Å². The van der Waals surface area contributed by atoms with Crippen molar-refractivity contribution in [3.8, 4) is 0 Å². The number of carbonyl (C=O) groups is 3. The SMILES string of the molecule is CC(=O)Nc1ccc(/C=C/C(=O)Nc2cn(Cc3cccc(C(=O)F)c3)cn2)cc1. The second-order valence-electron chi connectivity index (χ2n) is 6.53. The van der Waals surface area contributed by atoms with Gasteiger partial charge >= 0.3 is 6.04 Å². The first kappa shape index (κ1) is 20.7. The lowest BCUT2D eigenvalue weighted by molar-refractivity contribution is -0.114. The molecule has 2 N–H and O–H groups in total. The van der Waals surface area contributed by atoms with Crippen LogP contribution in [0.3, 0.4) is 0 Å². The lowest BCUT2D eigenvalue weighted by Gasteiger charge is -2.03. The average molecular weight is 406 g/mol. The highest BCUT2D eigenvalue weighted by atomic mass is 19.1. The Bertz CT molecular complexity index is 1100. The second kappa shape index (κ2) is 9.42. The quantitative estimate of drug-likeness (QED) is 0.463. The van der Waals surface area contributed by atoms with E-state index in [1.807, 2.05) is 0 Å². The van der Waals surface area contributed by atoms with E-state index < -0.39 is 6.04 Å². The van der Waals surface area contributed by atoms with Gasteiger partial charge in [0.15, 0.2) is 5.82 Å². The third-order valence-corrected chi connectivity index (χ3v) is 4.06. The summed E-state index contributed by atoms with van der Waals surface area (Å²) in [6.07, 6.45) is 6.19. The summed E-state index contributed by atoms with van der Waals surface area (Å²) in [5.41, 5.74) is 2.20. The van der Waals surface area contributed by atoms with Crippen molar-refractivity contribution in [3.63, 3.8) is 0 Å². The van der Waals surface area contributed by atoms with Crippen LogP contribution in [0.1, 0.15) is 28.4 Å². The first-order chi connectivity index (χ1) is 14.4. The Balaban J connectivity index is 1.57. The zero-order chi connectivity index (χ0) is 21.5. The molecular formula is C22H19FN4O3. The highest BCUT2D eigenvalue weighted by Crippen LogP contribution is 2.12. The summed E-state index contributed by atoms with van der Waals surface area (Å²) in [6.45, 7) is 1.81. The smallest absolute Gasteiger partial charge is 0.331 e. The number of amides is 2. The van der Waals surface area contributed by atoms with Gasteiger partial charge in [-0.3, -0.25) is 14.4 Å². The number of benzene rings is 2. The van der Waals surface area contributed by atoms with Crippen LogP contribution >= 0.6 is 0 Å². The van der Waals surface area contributed by atoms with E-state index in [1.54, 1.807) is 53.2 Å². The molecule has 7 nitrogen and oxygen atoms in total. The van der Waals surface area contributed by atoms with Crippen molar-refractivity contribution in [3.05, 3.63) is 83.8 Å². The van der Waals surface area contributed by atoms with Crippen LogP contribution in [0.5, 0.6) is 0 Å². The second-order valence-corrected chi connectivity index (χ2v) is 6.53. The zero-order valence-corrected chi connectivity index (χ0v) is 16.1. The van der Waals surface area contributed by atoms with E-state index in [0.717, 1.165) is 11.1 Å². The van der Waals surface area contributed by atoms with Gasteiger partial charge in [-0.15, -0.1) is 0 Å². The Labute approximate surface area is 172 Å². The van der Waals surface area contributed by atoms with Gasteiger partial charge in [0.1, 0.15) is 0 Å². The molecule has 152 valence electrons. The first-order valence-electron chi connectivity index (χ1n) is 9.06. The van der Waals surface area contributed by atoms with Crippen LogP contribution in [0.25, 0.3) is 6.08 Å². The molecule has 3 rings (SSSR count). The van der Waals surface area contributed by atoms with Crippen molar-refractivity contribution >= 4 is 35.4 Å². The Hall–Kier alpha value is -4.07. The summed E-state index contributed by atoms with van der Waals surface area (Å²) >= 11 is 0. The number of nitrogens with one attached hydrogen (secondary N) is 2. The van der Waals surface area contributed by atoms with E-state index in [4.69, 9.17) is 0 Å². The first-order valence-corrected chi connectivity index (χ1v) is 9.06. The summed E-state index contributed by atoms with van der Waals surface area (Å²) < 4.78 is 14.5. The molecule has 1 aromatic heterocycles. The van der Waals surface area contributed by atoms with Gasteiger partial charge in [-0.25, -0.2) is 4.98 Å². The van der Waals surface area contributed by atoms with Gasteiger partial charge in [0, 0.05) is 31.4 Å². The summed E-state index contributed by atoms with van der Waals surface area (Å²) in [4.78, 5) is 38.1. The predicted octanol–water partition coefficient (Wildman–Crippen LogP) is 3.65. The average Bonchev–Trinajstić information content (AvgIpc) is 3.14. The molecule has 0 saturated carbocycles. The summed E-state index contributed by atoms with van der Waals surface area (Å²) in [5, 5.41) is 5.33. The van der Waals surface area contributed by atoms with Gasteiger partial charge in [0.2, 0.25) is 11.8 Å². The van der Waals surface area contributed by atoms with Crippen molar-refractivity contribution in [1.82, 2.24) is 9.55 Å². The van der Waals surface area contributed by atoms with E-state index in [9.17, 15) is 18.8 Å². The fourth-order valence-electron chi connectivity index (χ4n) is 2.73. The predicted molar refractivity (Wildman–Crippen MR) is 112 cm³/mol. The maximum atomic E-state index is 12.8. The number of rotatable bonds is 7. The van der Waals surface area contributed by atoms with Crippen LogP contribution in [0, 0.1) is 0 Å². The molecule has 0 fully saturated rings. The lowest BCUT2D eigenvalue weighted by Crippen LogP contribution is -2.08. The maximum absolute atomic E-state index is 12.8. The molecule has 2 amide bonds. The zero-order valence-electron chi connectivity index (χ0n) is 16.1. The van der Waals surface area contributed by atoms with Crippen LogP contribution in [0.15, 0.2) is 67.1 Å². The molecule has 0 aliphatic carbocycles. The molecule has 0 radical (unpaired) electrons. The number of hydrogen-bond donors (Lipinski definition) is 2. The minimum Gasteiger partial charge on any atom is -0.331 e. The van der Waals surface area contributed by atoms with E-state index in [0.29, 0.717) is 18.1 Å². The van der Waals surface area contributed by atoms with E-state index in [-0.39, 0.29) is 17.4 Å². The maximum Gasteiger partial charge on any atom is 0.332 e. The molecule has 0 spiro atoms. The molecule has 30 heavy (non-hydrogen) atoms. The highest BCUT2D eigenvalue weighted by Gasteiger charge is 2.06. The van der Waals surface area contributed by atoms with Crippen LogP contribution in [0.4, 0.5) is 15.9 Å². The molecule has 0 aliphatic heterocycles. The fraction of sp³-hybridized carbons (Fsp3) is 0.0909. The van der Waals surface area contributed by atoms with E-state index in [1.165, 1.54) is 31.5 Å². The molecule has 2 aromatic carbocycles.